The zero-order chi connectivity index (χ0) is 17.9. The minimum absolute atomic E-state index is 0.0653. The number of amides is 1. The Morgan fingerprint density at radius 1 is 0.962 bits per heavy atom. The second-order valence-electron chi connectivity index (χ2n) is 6.46. The molecule has 26 heavy (non-hydrogen) atoms. The summed E-state index contributed by atoms with van der Waals surface area (Å²) in [4.78, 5) is 21.4. The van der Waals surface area contributed by atoms with Gasteiger partial charge in [-0.25, -0.2) is 4.98 Å². The average Bonchev–Trinajstić information content (AvgIpc) is 3.06. The third kappa shape index (κ3) is 3.15. The Bertz CT molecular complexity index is 899. The molecule has 0 radical (unpaired) electrons. The van der Waals surface area contributed by atoms with Crippen LogP contribution in [0.2, 0.25) is 0 Å². The number of fused-ring (bicyclic) bond motifs is 1. The van der Waals surface area contributed by atoms with Gasteiger partial charge in [0.05, 0.1) is 11.0 Å². The number of benzene rings is 2. The number of nitrogens with zero attached hydrogens (tertiary/aromatic N) is 4. The van der Waals surface area contributed by atoms with E-state index < -0.39 is 0 Å². The molecular formula is C20H22N4O2. The van der Waals surface area contributed by atoms with Crippen LogP contribution in [0.25, 0.3) is 11.0 Å². The van der Waals surface area contributed by atoms with Gasteiger partial charge in [-0.15, -0.1) is 0 Å². The predicted molar refractivity (Wildman–Crippen MR) is 101 cm³/mol. The molecule has 1 aliphatic rings. The number of hydrogen-bond acceptors (Lipinski definition) is 4. The van der Waals surface area contributed by atoms with E-state index in [4.69, 9.17) is 0 Å². The van der Waals surface area contributed by atoms with Crippen molar-refractivity contribution in [2.45, 2.75) is 13.2 Å². The monoisotopic (exact) mass is 350 g/mol. The number of aromatic nitrogens is 2. The highest BCUT2D eigenvalue weighted by atomic mass is 16.3. The SMILES string of the molecule is O=C(Cn1c(CO)nc2ccccc21)N1CCN(c2ccccc2)CC1. The molecule has 1 aromatic heterocycles. The Balaban J connectivity index is 1.45. The standard InChI is InChI=1S/C20H22N4O2/c25-15-19-21-17-8-4-5-9-18(17)24(19)14-20(26)23-12-10-22(11-13-23)16-6-2-1-3-7-16/h1-9,25H,10-15H2. The first-order chi connectivity index (χ1) is 12.8. The molecule has 0 spiro atoms. The van der Waals surface area contributed by atoms with Crippen LogP contribution in [0.3, 0.4) is 0 Å². The second kappa shape index (κ2) is 7.17. The minimum Gasteiger partial charge on any atom is -0.388 e. The van der Waals surface area contributed by atoms with Crippen LogP contribution in [0.15, 0.2) is 54.6 Å². The average molecular weight is 350 g/mol. The van der Waals surface area contributed by atoms with Gasteiger partial charge >= 0.3 is 0 Å². The van der Waals surface area contributed by atoms with E-state index in [1.165, 1.54) is 5.69 Å². The molecule has 0 atom stereocenters. The highest BCUT2D eigenvalue weighted by Gasteiger charge is 2.22. The van der Waals surface area contributed by atoms with Gasteiger partial charge in [0.1, 0.15) is 19.0 Å². The number of para-hydroxylation sites is 3. The fourth-order valence-electron chi connectivity index (χ4n) is 3.51. The van der Waals surface area contributed by atoms with E-state index in [1.807, 2.05) is 51.9 Å². The van der Waals surface area contributed by atoms with Crippen molar-refractivity contribution in [3.8, 4) is 0 Å². The maximum Gasteiger partial charge on any atom is 0.242 e. The normalized spacial score (nSPS) is 14.8. The van der Waals surface area contributed by atoms with Crippen molar-refractivity contribution in [3.63, 3.8) is 0 Å². The van der Waals surface area contributed by atoms with Crippen LogP contribution in [0, 0.1) is 0 Å². The topological polar surface area (TPSA) is 61.6 Å². The van der Waals surface area contributed by atoms with E-state index in [-0.39, 0.29) is 19.1 Å². The minimum atomic E-state index is -0.177. The summed E-state index contributed by atoms with van der Waals surface area (Å²) in [5.41, 5.74) is 2.88. The Hall–Kier alpha value is -2.86. The Labute approximate surface area is 152 Å². The lowest BCUT2D eigenvalue weighted by Gasteiger charge is -2.36. The number of anilines is 1. The van der Waals surface area contributed by atoms with Gasteiger partial charge in [-0.05, 0) is 24.3 Å². The number of aliphatic hydroxyl groups excluding tert-OH is 1. The number of piperazine rings is 1. The van der Waals surface area contributed by atoms with E-state index in [2.05, 4.69) is 22.0 Å². The van der Waals surface area contributed by atoms with Crippen molar-refractivity contribution in [3.05, 3.63) is 60.4 Å². The fourth-order valence-corrected chi connectivity index (χ4v) is 3.51. The van der Waals surface area contributed by atoms with Crippen molar-refractivity contribution in [2.75, 3.05) is 31.1 Å². The van der Waals surface area contributed by atoms with Crippen LogP contribution < -0.4 is 4.90 Å². The molecular weight excluding hydrogens is 328 g/mol. The molecule has 134 valence electrons. The fraction of sp³-hybridized carbons (Fsp3) is 0.300. The summed E-state index contributed by atoms with van der Waals surface area (Å²) in [5.74, 6) is 0.595. The number of hydrogen-bond donors (Lipinski definition) is 1. The van der Waals surface area contributed by atoms with Gasteiger partial charge in [0.15, 0.2) is 0 Å². The molecule has 1 amide bonds. The number of rotatable bonds is 4. The van der Waals surface area contributed by atoms with Crippen molar-refractivity contribution < 1.29 is 9.90 Å². The Morgan fingerprint density at radius 3 is 2.38 bits per heavy atom. The Morgan fingerprint density at radius 2 is 1.65 bits per heavy atom. The van der Waals surface area contributed by atoms with Gasteiger partial charge in [-0.3, -0.25) is 4.79 Å². The molecule has 0 aliphatic carbocycles. The van der Waals surface area contributed by atoms with Gasteiger partial charge in [0.25, 0.3) is 0 Å². The van der Waals surface area contributed by atoms with Crippen LogP contribution in [0.5, 0.6) is 0 Å². The summed E-state index contributed by atoms with van der Waals surface area (Å²) in [6.45, 7) is 3.09. The lowest BCUT2D eigenvalue weighted by atomic mass is 10.2. The Kier molecular flexibility index (Phi) is 4.58. The van der Waals surface area contributed by atoms with Crippen LogP contribution in [0.1, 0.15) is 5.82 Å². The largest absolute Gasteiger partial charge is 0.388 e. The van der Waals surface area contributed by atoms with Crippen LogP contribution >= 0.6 is 0 Å². The summed E-state index contributed by atoms with van der Waals surface area (Å²) in [5, 5.41) is 9.59. The van der Waals surface area contributed by atoms with Gasteiger partial charge in [0.2, 0.25) is 5.91 Å². The molecule has 0 saturated carbocycles. The van der Waals surface area contributed by atoms with E-state index >= 15 is 0 Å². The third-order valence-electron chi connectivity index (χ3n) is 4.92. The molecule has 1 aliphatic heterocycles. The maximum atomic E-state index is 12.8. The van der Waals surface area contributed by atoms with E-state index in [1.54, 1.807) is 0 Å². The van der Waals surface area contributed by atoms with Gasteiger partial charge in [-0.1, -0.05) is 30.3 Å². The van der Waals surface area contributed by atoms with Gasteiger partial charge in [-0.2, -0.15) is 0 Å². The molecule has 1 saturated heterocycles. The van der Waals surface area contributed by atoms with E-state index in [0.29, 0.717) is 18.9 Å². The third-order valence-corrected chi connectivity index (χ3v) is 4.92. The smallest absolute Gasteiger partial charge is 0.242 e. The highest BCUT2D eigenvalue weighted by Crippen LogP contribution is 2.18. The van der Waals surface area contributed by atoms with Crippen LogP contribution in [-0.4, -0.2) is 51.6 Å². The number of carbonyl (C=O) groups is 1. The van der Waals surface area contributed by atoms with Crippen molar-refractivity contribution >= 4 is 22.6 Å². The van der Waals surface area contributed by atoms with Crippen LogP contribution in [-0.2, 0) is 17.9 Å². The molecule has 3 aromatic rings. The lowest BCUT2D eigenvalue weighted by Crippen LogP contribution is -2.49. The molecule has 1 N–H and O–H groups in total. The van der Waals surface area contributed by atoms with E-state index in [9.17, 15) is 9.90 Å². The zero-order valence-electron chi connectivity index (χ0n) is 14.6. The lowest BCUT2D eigenvalue weighted by molar-refractivity contribution is -0.132. The van der Waals surface area contributed by atoms with Crippen LogP contribution in [0.4, 0.5) is 5.69 Å². The number of imidazole rings is 1. The first-order valence-electron chi connectivity index (χ1n) is 8.89. The molecule has 2 aromatic carbocycles. The quantitative estimate of drug-likeness (QED) is 0.780. The molecule has 1 fully saturated rings. The summed E-state index contributed by atoms with van der Waals surface area (Å²) in [6, 6.07) is 17.9. The summed E-state index contributed by atoms with van der Waals surface area (Å²) in [7, 11) is 0. The molecule has 2 heterocycles. The molecule has 6 heteroatoms. The predicted octanol–water partition coefficient (Wildman–Crippen LogP) is 1.88. The number of carbonyl (C=O) groups excluding carboxylic acids is 1. The summed E-state index contributed by atoms with van der Waals surface area (Å²) < 4.78 is 1.82. The molecule has 0 bridgehead atoms. The zero-order valence-corrected chi connectivity index (χ0v) is 14.6. The molecule has 0 unspecified atom stereocenters. The van der Waals surface area contributed by atoms with Crippen molar-refractivity contribution in [1.29, 1.82) is 0 Å². The summed E-state index contributed by atoms with van der Waals surface area (Å²) >= 11 is 0. The van der Waals surface area contributed by atoms with Gasteiger partial charge < -0.3 is 19.5 Å². The summed E-state index contributed by atoms with van der Waals surface area (Å²) in [6.07, 6.45) is 0. The van der Waals surface area contributed by atoms with Crippen molar-refractivity contribution in [2.24, 2.45) is 0 Å². The first kappa shape index (κ1) is 16.6. The maximum absolute atomic E-state index is 12.8. The number of aliphatic hydroxyl groups is 1. The van der Waals surface area contributed by atoms with Gasteiger partial charge in [0, 0.05) is 31.9 Å². The molecule has 6 nitrogen and oxygen atoms in total. The highest BCUT2D eigenvalue weighted by molar-refractivity contribution is 5.81. The molecule has 4 rings (SSSR count). The van der Waals surface area contributed by atoms with E-state index in [0.717, 1.165) is 24.1 Å². The van der Waals surface area contributed by atoms with Crippen molar-refractivity contribution in [1.82, 2.24) is 14.5 Å². The second-order valence-corrected chi connectivity index (χ2v) is 6.46. The first-order valence-corrected chi connectivity index (χ1v) is 8.89.